The van der Waals surface area contributed by atoms with Crippen molar-refractivity contribution in [3.05, 3.63) is 29.8 Å². The highest BCUT2D eigenvalue weighted by Gasteiger charge is 2.33. The van der Waals surface area contributed by atoms with Crippen LogP contribution in [0.4, 0.5) is 5.69 Å². The lowest BCUT2D eigenvalue weighted by Gasteiger charge is -2.39. The largest absolute Gasteiger partial charge is 0.306 e. The van der Waals surface area contributed by atoms with Crippen LogP contribution < -0.4 is 0 Å². The van der Waals surface area contributed by atoms with E-state index in [1.165, 1.54) is 17.3 Å². The van der Waals surface area contributed by atoms with Gasteiger partial charge in [-0.15, -0.1) is 0 Å². The smallest absolute Gasteiger partial charge is 0.169 e. The standard InChI is InChI=1S/C19H26N2OS3/c1-13(2)15-8-6-7-9-16(15)20-17-21(11-19(4,5)12-25-17)18(23)24-10-14(3)22/h6-9,13H,10-12H2,1-5H3. The molecule has 25 heavy (non-hydrogen) atoms. The maximum Gasteiger partial charge on any atom is 0.169 e. The Kier molecular flexibility index (Phi) is 7.11. The fourth-order valence-electron chi connectivity index (χ4n) is 2.54. The first kappa shape index (κ1) is 20.5. The number of benzene rings is 1. The van der Waals surface area contributed by atoms with Gasteiger partial charge in [0.1, 0.15) is 10.1 Å². The molecule has 0 amide bonds. The number of carbonyl (C=O) groups is 1. The lowest BCUT2D eigenvalue weighted by molar-refractivity contribution is -0.114. The van der Waals surface area contributed by atoms with Gasteiger partial charge in [-0.05, 0) is 29.9 Å². The van der Waals surface area contributed by atoms with Crippen LogP contribution in [0.2, 0.25) is 0 Å². The van der Waals surface area contributed by atoms with E-state index in [4.69, 9.17) is 17.2 Å². The predicted molar refractivity (Wildman–Crippen MR) is 116 cm³/mol. The lowest BCUT2D eigenvalue weighted by Crippen LogP contribution is -2.45. The third kappa shape index (κ3) is 5.83. The van der Waals surface area contributed by atoms with Crippen LogP contribution in [0.1, 0.15) is 46.1 Å². The van der Waals surface area contributed by atoms with Gasteiger partial charge in [-0.2, -0.15) is 0 Å². The molecule has 0 spiro atoms. The first-order valence-electron chi connectivity index (χ1n) is 8.44. The van der Waals surface area contributed by atoms with Crippen LogP contribution in [0.5, 0.6) is 0 Å². The topological polar surface area (TPSA) is 32.7 Å². The molecular formula is C19H26N2OS3. The Morgan fingerprint density at radius 1 is 1.40 bits per heavy atom. The van der Waals surface area contributed by atoms with Crippen molar-refractivity contribution in [1.29, 1.82) is 0 Å². The Morgan fingerprint density at radius 2 is 2.08 bits per heavy atom. The summed E-state index contributed by atoms with van der Waals surface area (Å²) in [4.78, 5) is 18.4. The zero-order valence-electron chi connectivity index (χ0n) is 15.5. The number of amidine groups is 1. The molecule has 6 heteroatoms. The molecule has 0 aromatic heterocycles. The van der Waals surface area contributed by atoms with E-state index in [2.05, 4.69) is 50.8 Å². The van der Waals surface area contributed by atoms with Gasteiger partial charge in [0.05, 0.1) is 11.4 Å². The number of hydrogen-bond donors (Lipinski definition) is 0. The van der Waals surface area contributed by atoms with Gasteiger partial charge in [0, 0.05) is 12.3 Å². The number of aliphatic imine (C=N–C) groups is 1. The second-order valence-electron chi connectivity index (χ2n) is 7.40. The highest BCUT2D eigenvalue weighted by atomic mass is 32.2. The summed E-state index contributed by atoms with van der Waals surface area (Å²) >= 11 is 8.79. The van der Waals surface area contributed by atoms with E-state index in [1.54, 1.807) is 18.7 Å². The Balaban J connectivity index is 2.33. The summed E-state index contributed by atoms with van der Waals surface area (Å²) in [7, 11) is 0. The highest BCUT2D eigenvalue weighted by Crippen LogP contribution is 2.35. The molecule has 0 radical (unpaired) electrons. The second-order valence-corrected chi connectivity index (χ2v) is 9.96. The summed E-state index contributed by atoms with van der Waals surface area (Å²) in [5, 5.41) is 0.938. The molecule has 0 aliphatic carbocycles. The minimum Gasteiger partial charge on any atom is -0.306 e. The van der Waals surface area contributed by atoms with Gasteiger partial charge in [-0.1, -0.05) is 81.6 Å². The molecule has 0 N–H and O–H groups in total. The molecule has 1 aliphatic heterocycles. The minimum absolute atomic E-state index is 0.139. The molecule has 136 valence electrons. The second kappa shape index (κ2) is 8.69. The molecule has 0 atom stereocenters. The van der Waals surface area contributed by atoms with Crippen molar-refractivity contribution in [2.24, 2.45) is 10.4 Å². The number of nitrogens with zero attached hydrogens (tertiary/aromatic N) is 2. The van der Waals surface area contributed by atoms with Gasteiger partial charge < -0.3 is 4.90 Å². The zero-order valence-corrected chi connectivity index (χ0v) is 18.0. The van der Waals surface area contributed by atoms with Crippen LogP contribution in [-0.4, -0.2) is 38.2 Å². The average Bonchev–Trinajstić information content (AvgIpc) is 2.54. The average molecular weight is 395 g/mol. The summed E-state index contributed by atoms with van der Waals surface area (Å²) < 4.78 is 0.733. The molecule has 3 nitrogen and oxygen atoms in total. The highest BCUT2D eigenvalue weighted by molar-refractivity contribution is 8.23. The van der Waals surface area contributed by atoms with Gasteiger partial charge >= 0.3 is 0 Å². The number of hydrogen-bond acceptors (Lipinski definition) is 5. The molecule has 1 aromatic rings. The molecular weight excluding hydrogens is 368 g/mol. The van der Waals surface area contributed by atoms with Crippen LogP contribution >= 0.6 is 35.7 Å². The van der Waals surface area contributed by atoms with Gasteiger partial charge in [0.15, 0.2) is 5.17 Å². The van der Waals surface area contributed by atoms with E-state index in [0.29, 0.717) is 11.7 Å². The third-order valence-corrected chi connectivity index (χ3v) is 6.89. The maximum atomic E-state index is 11.3. The van der Waals surface area contributed by atoms with Crippen molar-refractivity contribution in [1.82, 2.24) is 4.90 Å². The molecule has 1 saturated heterocycles. The van der Waals surface area contributed by atoms with Crippen LogP contribution in [0.15, 0.2) is 29.3 Å². The molecule has 2 rings (SSSR count). The van der Waals surface area contributed by atoms with Crippen LogP contribution in [0, 0.1) is 5.41 Å². The summed E-state index contributed by atoms with van der Waals surface area (Å²) in [6.45, 7) is 11.3. The van der Waals surface area contributed by atoms with E-state index in [1.807, 2.05) is 6.07 Å². The van der Waals surface area contributed by atoms with Crippen LogP contribution in [0.3, 0.4) is 0 Å². The maximum absolute atomic E-state index is 11.3. The summed E-state index contributed by atoms with van der Waals surface area (Å²) in [5.74, 6) is 1.97. The predicted octanol–water partition coefficient (Wildman–Crippen LogP) is 5.48. The normalized spacial score (nSPS) is 18.6. The van der Waals surface area contributed by atoms with Crippen molar-refractivity contribution in [2.75, 3.05) is 18.1 Å². The Hall–Kier alpha value is -0.850. The minimum atomic E-state index is 0.139. The molecule has 0 saturated carbocycles. The Morgan fingerprint density at radius 3 is 2.72 bits per heavy atom. The van der Waals surface area contributed by atoms with E-state index in [9.17, 15) is 4.79 Å². The SMILES string of the molecule is CC(=O)CSC(=S)N1CC(C)(C)CSC1=Nc1ccccc1C(C)C. The number of Topliss-reactive ketones (excluding diaryl/α,β-unsaturated/α-hetero) is 1. The van der Waals surface area contributed by atoms with E-state index >= 15 is 0 Å². The number of thiocarbonyl (C=S) groups is 1. The molecule has 1 aromatic carbocycles. The molecule has 0 bridgehead atoms. The van der Waals surface area contributed by atoms with Crippen molar-refractivity contribution in [3.8, 4) is 0 Å². The van der Waals surface area contributed by atoms with Gasteiger partial charge in [0.2, 0.25) is 0 Å². The number of carbonyl (C=O) groups excluding carboxylic acids is 1. The first-order valence-corrected chi connectivity index (χ1v) is 10.8. The monoisotopic (exact) mass is 394 g/mol. The Bertz CT molecular complexity index is 683. The summed E-state index contributed by atoms with van der Waals surface area (Å²) in [5.41, 5.74) is 2.40. The first-order chi connectivity index (χ1) is 11.7. The van der Waals surface area contributed by atoms with Crippen molar-refractivity contribution >= 4 is 56.7 Å². The molecule has 1 fully saturated rings. The molecule has 1 heterocycles. The van der Waals surface area contributed by atoms with E-state index < -0.39 is 0 Å². The molecule has 0 unspecified atom stereocenters. The van der Waals surface area contributed by atoms with Gasteiger partial charge in [0.25, 0.3) is 0 Å². The number of ketones is 1. The van der Waals surface area contributed by atoms with E-state index in [0.717, 1.165) is 27.5 Å². The fourth-order valence-corrected chi connectivity index (χ4v) is 4.70. The number of thioether (sulfide) groups is 2. The van der Waals surface area contributed by atoms with Gasteiger partial charge in [-0.25, -0.2) is 4.99 Å². The quantitative estimate of drug-likeness (QED) is 0.632. The number of rotatable bonds is 4. The summed E-state index contributed by atoms with van der Waals surface area (Å²) in [6.07, 6.45) is 0. The van der Waals surface area contributed by atoms with Gasteiger partial charge in [-0.3, -0.25) is 4.79 Å². The fraction of sp³-hybridized carbons (Fsp3) is 0.526. The molecule has 1 aliphatic rings. The van der Waals surface area contributed by atoms with Crippen LogP contribution in [0.25, 0.3) is 0 Å². The van der Waals surface area contributed by atoms with Crippen LogP contribution in [-0.2, 0) is 4.79 Å². The van der Waals surface area contributed by atoms with Crippen molar-refractivity contribution in [2.45, 2.75) is 40.5 Å². The zero-order chi connectivity index (χ0) is 18.6. The summed E-state index contributed by atoms with van der Waals surface area (Å²) in [6, 6.07) is 8.28. The lowest BCUT2D eigenvalue weighted by atomic mass is 9.96. The third-order valence-electron chi connectivity index (χ3n) is 3.80. The van der Waals surface area contributed by atoms with Crippen molar-refractivity contribution < 1.29 is 4.79 Å². The van der Waals surface area contributed by atoms with E-state index in [-0.39, 0.29) is 11.2 Å². The van der Waals surface area contributed by atoms with Crippen molar-refractivity contribution in [3.63, 3.8) is 0 Å². The number of para-hydroxylation sites is 1. The Labute approximate surface area is 165 Å².